The number of rotatable bonds is 9. The van der Waals surface area contributed by atoms with Gasteiger partial charge in [0.15, 0.2) is 5.96 Å². The first-order valence-corrected chi connectivity index (χ1v) is 9.71. The Kier molecular flexibility index (Phi) is 8.51. The van der Waals surface area contributed by atoms with Crippen molar-refractivity contribution in [2.75, 3.05) is 40.3 Å². The first-order chi connectivity index (χ1) is 13.0. The van der Waals surface area contributed by atoms with Crippen LogP contribution < -0.4 is 10.6 Å². The van der Waals surface area contributed by atoms with Crippen LogP contribution in [-0.2, 0) is 17.9 Å². The number of nitrogens with zero attached hydrogens (tertiary/aromatic N) is 3. The lowest BCUT2D eigenvalue weighted by Crippen LogP contribution is -2.39. The van der Waals surface area contributed by atoms with E-state index in [1.165, 1.54) is 6.07 Å². The highest BCUT2D eigenvalue weighted by Gasteiger charge is 2.18. The predicted octanol–water partition coefficient (Wildman–Crippen LogP) is 1.95. The fourth-order valence-corrected chi connectivity index (χ4v) is 3.12. The van der Waals surface area contributed by atoms with Crippen LogP contribution in [0.4, 0.5) is 4.39 Å². The van der Waals surface area contributed by atoms with Crippen molar-refractivity contribution in [3.8, 4) is 0 Å². The van der Waals surface area contributed by atoms with E-state index in [-0.39, 0.29) is 11.7 Å². The van der Waals surface area contributed by atoms with E-state index in [0.29, 0.717) is 25.1 Å². The molecule has 1 amide bonds. The third kappa shape index (κ3) is 7.17. The Labute approximate surface area is 161 Å². The van der Waals surface area contributed by atoms with Crippen LogP contribution in [0, 0.1) is 5.82 Å². The molecule has 1 aliphatic heterocycles. The molecule has 0 aliphatic carbocycles. The van der Waals surface area contributed by atoms with Crippen LogP contribution in [0.2, 0.25) is 0 Å². The zero-order chi connectivity index (χ0) is 19.6. The summed E-state index contributed by atoms with van der Waals surface area (Å²) in [6.45, 7) is 6.27. The number of hydrogen-bond acceptors (Lipinski definition) is 3. The number of halogens is 1. The van der Waals surface area contributed by atoms with Crippen LogP contribution in [0.5, 0.6) is 0 Å². The van der Waals surface area contributed by atoms with Crippen LogP contribution in [-0.4, -0.2) is 61.9 Å². The molecular weight excluding hydrogens is 345 g/mol. The molecule has 0 saturated carbocycles. The van der Waals surface area contributed by atoms with Gasteiger partial charge in [0.25, 0.3) is 0 Å². The Balaban J connectivity index is 1.86. The van der Waals surface area contributed by atoms with Crippen LogP contribution in [0.15, 0.2) is 23.2 Å². The second-order valence-corrected chi connectivity index (χ2v) is 7.12. The summed E-state index contributed by atoms with van der Waals surface area (Å²) in [4.78, 5) is 20.1. The molecule has 6 nitrogen and oxygen atoms in total. The smallest absolute Gasteiger partial charge is 0.222 e. The van der Waals surface area contributed by atoms with Gasteiger partial charge >= 0.3 is 0 Å². The quantitative estimate of drug-likeness (QED) is 0.392. The standard InChI is InChI=1S/C20H32FN5O/c1-4-22-20(23-10-6-12-26-11-5-7-19(26)27)24-14-16-8-9-18(21)17(13-16)15-25(2)3/h8-9,13H,4-7,10-12,14-15H2,1-3H3,(H2,22,23,24). The normalized spacial score (nSPS) is 14.9. The number of benzene rings is 1. The summed E-state index contributed by atoms with van der Waals surface area (Å²) in [5.74, 6) is 0.821. The van der Waals surface area contributed by atoms with Gasteiger partial charge in [-0.05, 0) is 51.6 Å². The third-order valence-corrected chi connectivity index (χ3v) is 4.43. The van der Waals surface area contributed by atoms with Gasteiger partial charge < -0.3 is 20.4 Å². The average molecular weight is 378 g/mol. The number of amides is 1. The number of hydrogen-bond donors (Lipinski definition) is 2. The largest absolute Gasteiger partial charge is 0.357 e. The molecule has 0 spiro atoms. The molecule has 0 bridgehead atoms. The summed E-state index contributed by atoms with van der Waals surface area (Å²) in [6.07, 6.45) is 2.55. The SMILES string of the molecule is CCNC(=NCc1ccc(F)c(CN(C)C)c1)NCCCN1CCCC1=O. The number of carbonyl (C=O) groups excluding carboxylic acids is 1. The van der Waals surface area contributed by atoms with Gasteiger partial charge in [0, 0.05) is 44.7 Å². The summed E-state index contributed by atoms with van der Waals surface area (Å²) in [6, 6.07) is 5.17. The van der Waals surface area contributed by atoms with Crippen molar-refractivity contribution in [3.63, 3.8) is 0 Å². The molecule has 2 N–H and O–H groups in total. The van der Waals surface area contributed by atoms with E-state index in [1.54, 1.807) is 6.07 Å². The van der Waals surface area contributed by atoms with E-state index in [9.17, 15) is 9.18 Å². The van der Waals surface area contributed by atoms with Gasteiger partial charge in [-0.1, -0.05) is 6.07 Å². The van der Waals surface area contributed by atoms with Crippen LogP contribution in [0.25, 0.3) is 0 Å². The maximum absolute atomic E-state index is 13.9. The Morgan fingerprint density at radius 3 is 2.81 bits per heavy atom. The molecule has 27 heavy (non-hydrogen) atoms. The van der Waals surface area contributed by atoms with E-state index in [1.807, 2.05) is 36.9 Å². The minimum absolute atomic E-state index is 0.182. The van der Waals surface area contributed by atoms with Crippen molar-refractivity contribution in [2.24, 2.45) is 4.99 Å². The van der Waals surface area contributed by atoms with E-state index >= 15 is 0 Å². The zero-order valence-corrected chi connectivity index (χ0v) is 16.7. The Morgan fingerprint density at radius 1 is 1.33 bits per heavy atom. The third-order valence-electron chi connectivity index (χ3n) is 4.43. The molecule has 1 aliphatic rings. The molecule has 1 saturated heterocycles. The fourth-order valence-electron chi connectivity index (χ4n) is 3.12. The van der Waals surface area contributed by atoms with Gasteiger partial charge in [0.05, 0.1) is 6.54 Å². The number of carbonyl (C=O) groups is 1. The molecule has 1 aromatic rings. The minimum atomic E-state index is -0.182. The minimum Gasteiger partial charge on any atom is -0.357 e. The highest BCUT2D eigenvalue weighted by Crippen LogP contribution is 2.13. The van der Waals surface area contributed by atoms with Crippen LogP contribution in [0.3, 0.4) is 0 Å². The van der Waals surface area contributed by atoms with Crippen LogP contribution >= 0.6 is 0 Å². The highest BCUT2D eigenvalue weighted by atomic mass is 19.1. The Bertz CT molecular complexity index is 647. The molecule has 1 aromatic carbocycles. The number of nitrogens with one attached hydrogen (secondary N) is 2. The molecule has 1 heterocycles. The summed E-state index contributed by atoms with van der Waals surface area (Å²) >= 11 is 0. The van der Waals surface area contributed by atoms with Crippen molar-refractivity contribution in [1.82, 2.24) is 20.4 Å². The Morgan fingerprint density at radius 2 is 2.15 bits per heavy atom. The molecular formula is C20H32FN5O. The van der Waals surface area contributed by atoms with E-state index in [4.69, 9.17) is 0 Å². The molecule has 2 rings (SSSR count). The lowest BCUT2D eigenvalue weighted by molar-refractivity contribution is -0.127. The summed E-state index contributed by atoms with van der Waals surface area (Å²) in [7, 11) is 3.85. The van der Waals surface area contributed by atoms with Gasteiger partial charge in [-0.15, -0.1) is 0 Å². The highest BCUT2D eigenvalue weighted by molar-refractivity contribution is 5.79. The van der Waals surface area contributed by atoms with Crippen molar-refractivity contribution >= 4 is 11.9 Å². The Hall–Kier alpha value is -2.15. The number of likely N-dealkylation sites (tertiary alicyclic amines) is 1. The molecule has 0 unspecified atom stereocenters. The fraction of sp³-hybridized carbons (Fsp3) is 0.600. The molecule has 150 valence electrons. The van der Waals surface area contributed by atoms with Crippen molar-refractivity contribution < 1.29 is 9.18 Å². The first kappa shape index (κ1) is 21.2. The van der Waals surface area contributed by atoms with E-state index in [0.717, 1.165) is 50.5 Å². The van der Waals surface area contributed by atoms with E-state index < -0.39 is 0 Å². The zero-order valence-electron chi connectivity index (χ0n) is 16.7. The van der Waals surface area contributed by atoms with Gasteiger partial charge in [-0.2, -0.15) is 0 Å². The van der Waals surface area contributed by atoms with Crippen LogP contribution in [0.1, 0.15) is 37.3 Å². The second-order valence-electron chi connectivity index (χ2n) is 7.12. The van der Waals surface area contributed by atoms with Crippen molar-refractivity contribution in [1.29, 1.82) is 0 Å². The number of aliphatic imine (C=N–C) groups is 1. The topological polar surface area (TPSA) is 60.0 Å². The molecule has 1 fully saturated rings. The molecule has 7 heteroatoms. The first-order valence-electron chi connectivity index (χ1n) is 9.71. The molecule has 0 radical (unpaired) electrons. The predicted molar refractivity (Wildman–Crippen MR) is 107 cm³/mol. The summed E-state index contributed by atoms with van der Waals surface area (Å²) in [5.41, 5.74) is 1.66. The second kappa shape index (κ2) is 10.9. The summed E-state index contributed by atoms with van der Waals surface area (Å²) in [5, 5.41) is 6.53. The number of guanidine groups is 1. The van der Waals surface area contributed by atoms with Crippen molar-refractivity contribution in [2.45, 2.75) is 39.3 Å². The van der Waals surface area contributed by atoms with Crippen molar-refractivity contribution in [3.05, 3.63) is 35.1 Å². The monoisotopic (exact) mass is 377 g/mol. The maximum Gasteiger partial charge on any atom is 0.222 e. The van der Waals surface area contributed by atoms with Gasteiger partial charge in [-0.25, -0.2) is 9.38 Å². The molecule has 0 atom stereocenters. The summed E-state index contributed by atoms with van der Waals surface area (Å²) < 4.78 is 13.9. The van der Waals surface area contributed by atoms with Gasteiger partial charge in [0.2, 0.25) is 5.91 Å². The van der Waals surface area contributed by atoms with E-state index in [2.05, 4.69) is 15.6 Å². The average Bonchev–Trinajstić information content (AvgIpc) is 3.03. The molecule has 0 aromatic heterocycles. The lowest BCUT2D eigenvalue weighted by atomic mass is 10.1. The van der Waals surface area contributed by atoms with Gasteiger partial charge in [0.1, 0.15) is 5.82 Å². The maximum atomic E-state index is 13.9. The van der Waals surface area contributed by atoms with Gasteiger partial charge in [-0.3, -0.25) is 4.79 Å². The lowest BCUT2D eigenvalue weighted by Gasteiger charge is -2.16.